The predicted octanol–water partition coefficient (Wildman–Crippen LogP) is 4.19. The Kier molecular flexibility index (Phi) is 3.29. The minimum absolute atomic E-state index is 0.439. The summed E-state index contributed by atoms with van der Waals surface area (Å²) < 4.78 is 27.4. The molecule has 3 aromatic rings. The van der Waals surface area contributed by atoms with Crippen molar-refractivity contribution in [2.45, 2.75) is 6.43 Å². The van der Waals surface area contributed by atoms with Gasteiger partial charge in [-0.3, -0.25) is 4.57 Å². The molecule has 0 aliphatic rings. The second-order valence-electron chi connectivity index (χ2n) is 4.36. The molecular weight excluding hydrogens is 258 g/mol. The van der Waals surface area contributed by atoms with Crippen molar-refractivity contribution in [1.82, 2.24) is 9.55 Å². The summed E-state index contributed by atoms with van der Waals surface area (Å²) in [5.41, 5.74) is 2.76. The average molecular weight is 270 g/mol. The second-order valence-corrected chi connectivity index (χ2v) is 4.36. The Hall–Kier alpha value is -2.49. The Morgan fingerprint density at radius 2 is 1.70 bits per heavy atom. The van der Waals surface area contributed by atoms with Gasteiger partial charge in [0, 0.05) is 6.08 Å². The summed E-state index contributed by atoms with van der Waals surface area (Å²) in [5, 5.41) is 0. The van der Waals surface area contributed by atoms with Crippen LogP contribution in [0.2, 0.25) is 0 Å². The molecular formula is C16H12F2N2. The highest BCUT2D eigenvalue weighted by molar-refractivity contribution is 5.82. The number of rotatable bonds is 3. The van der Waals surface area contributed by atoms with Gasteiger partial charge in [0.25, 0.3) is 6.43 Å². The van der Waals surface area contributed by atoms with Gasteiger partial charge in [0.2, 0.25) is 0 Å². The number of fused-ring (bicyclic) bond motifs is 1. The summed E-state index contributed by atoms with van der Waals surface area (Å²) in [6, 6.07) is 16.6. The highest BCUT2D eigenvalue weighted by atomic mass is 19.3. The number of hydrogen-bond acceptors (Lipinski definition) is 1. The molecule has 0 radical (unpaired) electrons. The molecule has 0 saturated heterocycles. The Labute approximate surface area is 115 Å². The molecule has 4 heteroatoms. The second kappa shape index (κ2) is 5.25. The number of aromatic nitrogens is 2. The minimum Gasteiger partial charge on any atom is -0.298 e. The summed E-state index contributed by atoms with van der Waals surface area (Å²) >= 11 is 0. The van der Waals surface area contributed by atoms with E-state index in [-0.39, 0.29) is 0 Å². The van der Waals surface area contributed by atoms with Gasteiger partial charge in [-0.25, -0.2) is 13.8 Å². The van der Waals surface area contributed by atoms with Crippen LogP contribution in [0.25, 0.3) is 16.7 Å². The molecule has 100 valence electrons. The average Bonchev–Trinajstić information content (AvgIpc) is 2.89. The SMILES string of the molecule is FC(F)C=C(c1ccccc1)n1cnc2ccccc21. The van der Waals surface area contributed by atoms with Crippen molar-refractivity contribution in [3.8, 4) is 0 Å². The number of imidazole rings is 1. The van der Waals surface area contributed by atoms with Crippen molar-refractivity contribution in [1.29, 1.82) is 0 Å². The zero-order chi connectivity index (χ0) is 13.9. The first-order chi connectivity index (χ1) is 9.75. The topological polar surface area (TPSA) is 17.8 Å². The van der Waals surface area contributed by atoms with Gasteiger partial charge in [0.05, 0.1) is 16.7 Å². The number of benzene rings is 2. The van der Waals surface area contributed by atoms with E-state index < -0.39 is 6.43 Å². The van der Waals surface area contributed by atoms with Crippen molar-refractivity contribution < 1.29 is 8.78 Å². The van der Waals surface area contributed by atoms with Crippen LogP contribution in [0, 0.1) is 0 Å². The standard InChI is InChI=1S/C16H12F2N2/c17-16(18)10-15(12-6-2-1-3-7-12)20-11-19-13-8-4-5-9-14(13)20/h1-11,16H. The molecule has 0 bridgehead atoms. The Morgan fingerprint density at radius 3 is 2.45 bits per heavy atom. The molecule has 1 aromatic heterocycles. The van der Waals surface area contributed by atoms with Gasteiger partial charge >= 0.3 is 0 Å². The lowest BCUT2D eigenvalue weighted by atomic mass is 10.1. The zero-order valence-corrected chi connectivity index (χ0v) is 10.6. The van der Waals surface area contributed by atoms with E-state index in [0.29, 0.717) is 5.70 Å². The zero-order valence-electron chi connectivity index (χ0n) is 10.6. The molecule has 2 aromatic carbocycles. The van der Waals surface area contributed by atoms with E-state index in [1.807, 2.05) is 54.6 Å². The molecule has 1 heterocycles. The lowest BCUT2D eigenvalue weighted by Gasteiger charge is -2.10. The number of alkyl halides is 2. The van der Waals surface area contributed by atoms with E-state index in [9.17, 15) is 8.78 Å². The largest absolute Gasteiger partial charge is 0.298 e. The van der Waals surface area contributed by atoms with Gasteiger partial charge in [0.15, 0.2) is 0 Å². The van der Waals surface area contributed by atoms with Crippen LogP contribution in [-0.2, 0) is 0 Å². The van der Waals surface area contributed by atoms with Crippen molar-refractivity contribution >= 4 is 16.7 Å². The van der Waals surface area contributed by atoms with E-state index >= 15 is 0 Å². The number of hydrogen-bond donors (Lipinski definition) is 0. The number of halogens is 2. The van der Waals surface area contributed by atoms with Crippen molar-refractivity contribution in [3.05, 3.63) is 72.6 Å². The predicted molar refractivity (Wildman–Crippen MR) is 75.6 cm³/mol. The first kappa shape index (κ1) is 12.5. The lowest BCUT2D eigenvalue weighted by Crippen LogP contribution is -2.00. The van der Waals surface area contributed by atoms with Crippen LogP contribution in [0.1, 0.15) is 5.56 Å². The summed E-state index contributed by atoms with van der Waals surface area (Å²) in [6.07, 6.45) is 0.00127. The first-order valence-electron chi connectivity index (χ1n) is 6.23. The molecule has 0 N–H and O–H groups in total. The van der Waals surface area contributed by atoms with Crippen LogP contribution in [0.3, 0.4) is 0 Å². The highest BCUT2D eigenvalue weighted by Crippen LogP contribution is 2.23. The molecule has 0 spiro atoms. The van der Waals surface area contributed by atoms with Crippen molar-refractivity contribution in [2.24, 2.45) is 0 Å². The van der Waals surface area contributed by atoms with Gasteiger partial charge in [-0.2, -0.15) is 0 Å². The van der Waals surface area contributed by atoms with E-state index in [1.165, 1.54) is 0 Å². The fourth-order valence-corrected chi connectivity index (χ4v) is 2.20. The van der Waals surface area contributed by atoms with E-state index in [2.05, 4.69) is 4.98 Å². The molecule has 0 saturated carbocycles. The van der Waals surface area contributed by atoms with Crippen LogP contribution in [0.4, 0.5) is 8.78 Å². The van der Waals surface area contributed by atoms with Crippen LogP contribution < -0.4 is 0 Å². The third-order valence-corrected chi connectivity index (χ3v) is 3.07. The third-order valence-electron chi connectivity index (χ3n) is 3.07. The lowest BCUT2D eigenvalue weighted by molar-refractivity contribution is 0.204. The molecule has 20 heavy (non-hydrogen) atoms. The van der Waals surface area contributed by atoms with Crippen molar-refractivity contribution in [2.75, 3.05) is 0 Å². The third kappa shape index (κ3) is 2.32. The first-order valence-corrected chi connectivity index (χ1v) is 6.23. The molecule has 0 aliphatic heterocycles. The molecule has 3 rings (SSSR count). The van der Waals surface area contributed by atoms with Crippen LogP contribution >= 0.6 is 0 Å². The van der Waals surface area contributed by atoms with E-state index in [1.54, 1.807) is 10.9 Å². The molecule has 0 atom stereocenters. The summed E-state index contributed by atoms with van der Waals surface area (Å²) in [6.45, 7) is 0. The van der Waals surface area contributed by atoms with Crippen LogP contribution in [0.15, 0.2) is 67.0 Å². The smallest absolute Gasteiger partial charge is 0.259 e. The number of para-hydroxylation sites is 2. The van der Waals surface area contributed by atoms with Crippen molar-refractivity contribution in [3.63, 3.8) is 0 Å². The van der Waals surface area contributed by atoms with E-state index in [0.717, 1.165) is 22.7 Å². The quantitative estimate of drug-likeness (QED) is 0.697. The van der Waals surface area contributed by atoms with E-state index in [4.69, 9.17) is 0 Å². The van der Waals surface area contributed by atoms with Crippen LogP contribution in [0.5, 0.6) is 0 Å². The Bertz CT molecular complexity index is 745. The minimum atomic E-state index is -2.52. The maximum Gasteiger partial charge on any atom is 0.259 e. The number of allylic oxidation sites excluding steroid dienone is 1. The summed E-state index contributed by atoms with van der Waals surface area (Å²) in [5.74, 6) is 0. The maximum atomic E-state index is 12.9. The summed E-state index contributed by atoms with van der Waals surface area (Å²) in [7, 11) is 0. The Morgan fingerprint density at radius 1 is 1.00 bits per heavy atom. The van der Waals surface area contributed by atoms with Gasteiger partial charge in [-0.05, 0) is 17.7 Å². The fraction of sp³-hybridized carbons (Fsp3) is 0.0625. The molecule has 0 unspecified atom stereocenters. The summed E-state index contributed by atoms with van der Waals surface area (Å²) in [4.78, 5) is 4.25. The Balaban J connectivity index is 2.20. The van der Waals surface area contributed by atoms with Gasteiger partial charge in [-0.1, -0.05) is 42.5 Å². The molecule has 0 aliphatic carbocycles. The normalized spacial score (nSPS) is 12.2. The number of nitrogens with zero attached hydrogens (tertiary/aromatic N) is 2. The molecule has 2 nitrogen and oxygen atoms in total. The fourth-order valence-electron chi connectivity index (χ4n) is 2.20. The monoisotopic (exact) mass is 270 g/mol. The van der Waals surface area contributed by atoms with Gasteiger partial charge in [-0.15, -0.1) is 0 Å². The van der Waals surface area contributed by atoms with Crippen LogP contribution in [-0.4, -0.2) is 16.0 Å². The molecule has 0 amide bonds. The molecule has 0 fully saturated rings. The highest BCUT2D eigenvalue weighted by Gasteiger charge is 2.11. The van der Waals surface area contributed by atoms with Gasteiger partial charge in [0.1, 0.15) is 6.33 Å². The maximum absolute atomic E-state index is 12.9. The van der Waals surface area contributed by atoms with Gasteiger partial charge < -0.3 is 0 Å².